The lowest BCUT2D eigenvalue weighted by Crippen LogP contribution is -2.58. The fourth-order valence-corrected chi connectivity index (χ4v) is 4.65. The molecule has 1 aromatic heterocycles. The van der Waals surface area contributed by atoms with Gasteiger partial charge in [0.25, 0.3) is 5.88 Å². The summed E-state index contributed by atoms with van der Waals surface area (Å²) in [5.74, 6) is 0.803. The molecule has 0 saturated heterocycles. The standard InChI is InChI=1S/C23H40N3O3S/c1-6-8-10-11-16-28-22-21(24-30-25-22)19-13-12-15-26(5,17-19)23(18(3)4)29-20(27)14-9-7-2/h13,18,23H,6-12,14-17H2,1-5H3/q+1. The quantitative estimate of drug-likeness (QED) is 0.233. The molecule has 0 radical (unpaired) electrons. The maximum Gasteiger partial charge on any atom is 0.310 e. The van der Waals surface area contributed by atoms with Crippen LogP contribution in [-0.2, 0) is 9.53 Å². The lowest BCUT2D eigenvalue weighted by molar-refractivity contribution is -0.950. The number of carbonyl (C=O) groups excluding carboxylic acids is 1. The molecule has 0 aromatic carbocycles. The second-order valence-electron chi connectivity index (χ2n) is 8.93. The topological polar surface area (TPSA) is 61.3 Å². The minimum atomic E-state index is -0.164. The fourth-order valence-electron chi connectivity index (χ4n) is 4.12. The third kappa shape index (κ3) is 7.05. The average Bonchev–Trinajstić information content (AvgIpc) is 3.18. The van der Waals surface area contributed by atoms with E-state index < -0.39 is 0 Å². The summed E-state index contributed by atoms with van der Waals surface area (Å²) in [6.07, 6.45) is 10.1. The van der Waals surface area contributed by atoms with Gasteiger partial charge in [-0.15, -0.1) is 4.37 Å². The highest BCUT2D eigenvalue weighted by molar-refractivity contribution is 6.99. The van der Waals surface area contributed by atoms with E-state index in [1.807, 2.05) is 0 Å². The first-order chi connectivity index (χ1) is 14.4. The molecule has 30 heavy (non-hydrogen) atoms. The molecule has 1 aromatic rings. The van der Waals surface area contributed by atoms with Gasteiger partial charge in [-0.2, -0.15) is 4.37 Å². The number of aromatic nitrogens is 2. The maximum atomic E-state index is 12.4. The highest BCUT2D eigenvalue weighted by Gasteiger charge is 2.41. The van der Waals surface area contributed by atoms with Gasteiger partial charge in [0, 0.05) is 24.3 Å². The van der Waals surface area contributed by atoms with Crippen LogP contribution in [0.1, 0.15) is 84.8 Å². The molecule has 0 N–H and O–H groups in total. The second kappa shape index (κ2) is 12.4. The monoisotopic (exact) mass is 438 g/mol. The van der Waals surface area contributed by atoms with E-state index in [1.54, 1.807) is 0 Å². The zero-order valence-electron chi connectivity index (χ0n) is 19.5. The first kappa shape index (κ1) is 24.8. The van der Waals surface area contributed by atoms with Crippen molar-refractivity contribution in [2.75, 3.05) is 26.7 Å². The Labute approximate surface area is 186 Å². The average molecular weight is 439 g/mol. The predicted molar refractivity (Wildman–Crippen MR) is 122 cm³/mol. The number of hydrogen-bond acceptors (Lipinski definition) is 6. The molecular formula is C23H40N3O3S+. The number of likely N-dealkylation sites (N-methyl/N-ethyl adjacent to an activating group) is 1. The number of carbonyl (C=O) groups is 1. The second-order valence-corrected chi connectivity index (χ2v) is 9.46. The van der Waals surface area contributed by atoms with Gasteiger partial charge in [0.05, 0.1) is 31.9 Å². The Kier molecular flexibility index (Phi) is 10.2. The number of rotatable bonds is 13. The van der Waals surface area contributed by atoms with E-state index in [2.05, 4.69) is 49.6 Å². The van der Waals surface area contributed by atoms with E-state index in [-0.39, 0.29) is 18.1 Å². The van der Waals surface area contributed by atoms with Crippen LogP contribution in [-0.4, -0.2) is 52.2 Å². The minimum Gasteiger partial charge on any atom is -0.475 e. The molecule has 2 heterocycles. The zero-order chi connectivity index (χ0) is 22.0. The van der Waals surface area contributed by atoms with E-state index in [0.717, 1.165) is 50.0 Å². The Morgan fingerprint density at radius 3 is 2.63 bits per heavy atom. The lowest BCUT2D eigenvalue weighted by atomic mass is 10.0. The van der Waals surface area contributed by atoms with Gasteiger partial charge in [0.1, 0.15) is 12.2 Å². The van der Waals surface area contributed by atoms with Gasteiger partial charge in [-0.25, -0.2) is 0 Å². The molecule has 7 heteroatoms. The van der Waals surface area contributed by atoms with Gasteiger partial charge in [-0.1, -0.05) is 59.5 Å². The Hall–Kier alpha value is -1.47. The maximum absolute atomic E-state index is 12.4. The Bertz CT molecular complexity index is 689. The van der Waals surface area contributed by atoms with Crippen molar-refractivity contribution in [3.63, 3.8) is 0 Å². The van der Waals surface area contributed by atoms with Gasteiger partial charge < -0.3 is 9.47 Å². The number of esters is 1. The molecule has 0 aliphatic carbocycles. The van der Waals surface area contributed by atoms with Gasteiger partial charge in [-0.05, 0) is 12.8 Å². The van der Waals surface area contributed by atoms with Gasteiger partial charge >= 0.3 is 5.97 Å². The van der Waals surface area contributed by atoms with E-state index in [4.69, 9.17) is 9.47 Å². The Morgan fingerprint density at radius 2 is 1.93 bits per heavy atom. The van der Waals surface area contributed by atoms with Crippen molar-refractivity contribution in [2.45, 2.75) is 85.3 Å². The SMILES string of the molecule is CCCCCCOc1nsnc1C1=CCC[N+](C)(C(OC(=O)CCCC)C(C)C)C1. The van der Waals surface area contributed by atoms with E-state index >= 15 is 0 Å². The molecule has 6 nitrogen and oxygen atoms in total. The molecule has 2 atom stereocenters. The van der Waals surface area contributed by atoms with Crippen LogP contribution in [0.15, 0.2) is 6.08 Å². The van der Waals surface area contributed by atoms with Crippen LogP contribution >= 0.6 is 11.7 Å². The van der Waals surface area contributed by atoms with E-state index in [0.29, 0.717) is 23.4 Å². The van der Waals surface area contributed by atoms with Crippen LogP contribution in [0.3, 0.4) is 0 Å². The molecule has 170 valence electrons. The van der Waals surface area contributed by atoms with Gasteiger partial charge in [0.2, 0.25) is 6.23 Å². The molecule has 2 unspecified atom stereocenters. The smallest absolute Gasteiger partial charge is 0.310 e. The van der Waals surface area contributed by atoms with Crippen molar-refractivity contribution < 1.29 is 18.8 Å². The van der Waals surface area contributed by atoms with Crippen LogP contribution in [0.4, 0.5) is 0 Å². The van der Waals surface area contributed by atoms with Crippen molar-refractivity contribution in [1.82, 2.24) is 8.75 Å². The lowest BCUT2D eigenvalue weighted by Gasteiger charge is -2.44. The largest absolute Gasteiger partial charge is 0.475 e. The summed E-state index contributed by atoms with van der Waals surface area (Å²) in [7, 11) is 2.19. The summed E-state index contributed by atoms with van der Waals surface area (Å²) < 4.78 is 21.6. The van der Waals surface area contributed by atoms with Gasteiger partial charge in [0.15, 0.2) is 0 Å². The number of nitrogens with zero attached hydrogens (tertiary/aromatic N) is 3. The van der Waals surface area contributed by atoms with Gasteiger partial charge in [-0.3, -0.25) is 9.28 Å². The van der Waals surface area contributed by atoms with Crippen molar-refractivity contribution in [1.29, 1.82) is 0 Å². The number of ether oxygens (including phenoxy) is 2. The molecule has 0 bridgehead atoms. The summed E-state index contributed by atoms with van der Waals surface area (Å²) in [5, 5.41) is 0. The molecule has 2 rings (SSSR count). The highest BCUT2D eigenvalue weighted by atomic mass is 32.1. The van der Waals surface area contributed by atoms with Crippen LogP contribution in [0.5, 0.6) is 5.88 Å². The summed E-state index contributed by atoms with van der Waals surface area (Å²) in [5.41, 5.74) is 2.01. The minimum absolute atomic E-state index is 0.0857. The highest BCUT2D eigenvalue weighted by Crippen LogP contribution is 2.33. The van der Waals surface area contributed by atoms with Crippen molar-refractivity contribution in [3.05, 3.63) is 11.8 Å². The van der Waals surface area contributed by atoms with Crippen LogP contribution in [0.2, 0.25) is 0 Å². The Balaban J connectivity index is 2.06. The Morgan fingerprint density at radius 1 is 1.17 bits per heavy atom. The molecule has 0 amide bonds. The summed E-state index contributed by atoms with van der Waals surface area (Å²) in [4.78, 5) is 12.4. The third-order valence-electron chi connectivity index (χ3n) is 5.73. The predicted octanol–water partition coefficient (Wildman–Crippen LogP) is 5.45. The number of hydrogen-bond donors (Lipinski definition) is 0. The van der Waals surface area contributed by atoms with E-state index in [9.17, 15) is 4.79 Å². The molecule has 1 aliphatic rings. The van der Waals surface area contributed by atoms with Crippen molar-refractivity contribution >= 4 is 23.3 Å². The molecule has 0 spiro atoms. The number of unbranched alkanes of at least 4 members (excludes halogenated alkanes) is 4. The van der Waals surface area contributed by atoms with Crippen molar-refractivity contribution in [3.8, 4) is 5.88 Å². The molecular weight excluding hydrogens is 398 g/mol. The number of quaternary nitrogens is 1. The third-order valence-corrected chi connectivity index (χ3v) is 6.24. The first-order valence-electron chi connectivity index (χ1n) is 11.6. The van der Waals surface area contributed by atoms with Crippen molar-refractivity contribution in [2.24, 2.45) is 5.92 Å². The molecule has 1 aliphatic heterocycles. The normalized spacial score (nSPS) is 20.1. The van der Waals surface area contributed by atoms with Crippen LogP contribution in [0, 0.1) is 5.92 Å². The zero-order valence-corrected chi connectivity index (χ0v) is 20.3. The van der Waals surface area contributed by atoms with Crippen LogP contribution < -0.4 is 4.74 Å². The summed E-state index contributed by atoms with van der Waals surface area (Å²) in [6, 6.07) is 0. The van der Waals surface area contributed by atoms with E-state index in [1.165, 1.54) is 31.0 Å². The summed E-state index contributed by atoms with van der Waals surface area (Å²) in [6.45, 7) is 11.0. The first-order valence-corrected chi connectivity index (χ1v) is 12.3. The van der Waals surface area contributed by atoms with Crippen LogP contribution in [0.25, 0.3) is 5.57 Å². The fraction of sp³-hybridized carbons (Fsp3) is 0.783. The molecule has 0 saturated carbocycles. The summed E-state index contributed by atoms with van der Waals surface area (Å²) >= 11 is 1.20. The molecule has 0 fully saturated rings.